The Kier molecular flexibility index (Phi) is 8.13. The normalized spacial score (nSPS) is 12.2. The molecule has 0 radical (unpaired) electrons. The summed E-state index contributed by atoms with van der Waals surface area (Å²) in [6, 6.07) is 18.0. The van der Waals surface area contributed by atoms with Crippen molar-refractivity contribution < 1.29 is 17.9 Å². The molecule has 0 bridgehead atoms. The van der Waals surface area contributed by atoms with Gasteiger partial charge in [-0.15, -0.1) is 0 Å². The molecular weight excluding hydrogens is 460 g/mol. The van der Waals surface area contributed by atoms with E-state index in [1.807, 2.05) is 63.2 Å². The molecule has 0 saturated carbocycles. The standard InChI is InChI=1S/C25H27ClN2O4S/c1-4-32-24-14-13-20(16-21(24)26)33(30,31)28-23(15-19-10-6-5-7-11-19)25(29)27-22-12-8-9-17(2)18(22)3/h5-14,16,23,28H,4,15H2,1-3H3,(H,27,29)/t23-/m1/s1. The lowest BCUT2D eigenvalue weighted by Crippen LogP contribution is -2.45. The summed E-state index contributed by atoms with van der Waals surface area (Å²) < 4.78 is 34.2. The summed E-state index contributed by atoms with van der Waals surface area (Å²) >= 11 is 6.19. The average molecular weight is 487 g/mol. The first kappa shape index (κ1) is 24.8. The summed E-state index contributed by atoms with van der Waals surface area (Å²) in [6.45, 7) is 6.07. The lowest BCUT2D eigenvalue weighted by Gasteiger charge is -2.20. The molecule has 33 heavy (non-hydrogen) atoms. The van der Waals surface area contributed by atoms with Crippen LogP contribution < -0.4 is 14.8 Å². The molecule has 3 aromatic rings. The molecule has 0 spiro atoms. The number of hydrogen-bond donors (Lipinski definition) is 2. The molecule has 3 rings (SSSR count). The molecule has 174 valence electrons. The molecule has 1 atom stereocenters. The van der Waals surface area contributed by atoms with Gasteiger partial charge < -0.3 is 10.1 Å². The van der Waals surface area contributed by atoms with E-state index in [-0.39, 0.29) is 16.3 Å². The van der Waals surface area contributed by atoms with Gasteiger partial charge in [0.25, 0.3) is 0 Å². The third-order valence-electron chi connectivity index (χ3n) is 5.27. The fraction of sp³-hybridized carbons (Fsp3) is 0.240. The van der Waals surface area contributed by atoms with Gasteiger partial charge in [0.1, 0.15) is 11.8 Å². The second-order valence-electron chi connectivity index (χ2n) is 7.63. The predicted molar refractivity (Wildman–Crippen MR) is 131 cm³/mol. The lowest BCUT2D eigenvalue weighted by atomic mass is 10.0. The molecule has 1 amide bonds. The molecule has 8 heteroatoms. The van der Waals surface area contributed by atoms with E-state index in [1.165, 1.54) is 18.2 Å². The van der Waals surface area contributed by atoms with E-state index in [0.29, 0.717) is 18.0 Å². The Bertz CT molecular complexity index is 1230. The zero-order chi connectivity index (χ0) is 24.0. The van der Waals surface area contributed by atoms with E-state index in [2.05, 4.69) is 10.0 Å². The maximum absolute atomic E-state index is 13.2. The van der Waals surface area contributed by atoms with E-state index in [4.69, 9.17) is 16.3 Å². The van der Waals surface area contributed by atoms with Crippen LogP contribution in [0.4, 0.5) is 5.69 Å². The van der Waals surface area contributed by atoms with Gasteiger partial charge in [0.05, 0.1) is 16.5 Å². The van der Waals surface area contributed by atoms with Crippen molar-refractivity contribution in [2.45, 2.75) is 38.1 Å². The van der Waals surface area contributed by atoms with Crippen LogP contribution in [0.1, 0.15) is 23.6 Å². The quantitative estimate of drug-likeness (QED) is 0.451. The van der Waals surface area contributed by atoms with Gasteiger partial charge in [-0.2, -0.15) is 4.72 Å². The van der Waals surface area contributed by atoms with Gasteiger partial charge in [-0.3, -0.25) is 4.79 Å². The minimum atomic E-state index is -4.04. The van der Waals surface area contributed by atoms with Crippen LogP contribution in [0, 0.1) is 13.8 Å². The molecular formula is C25H27ClN2O4S. The molecule has 2 N–H and O–H groups in total. The van der Waals surface area contributed by atoms with Crippen molar-refractivity contribution >= 4 is 33.2 Å². The van der Waals surface area contributed by atoms with Crippen molar-refractivity contribution in [3.63, 3.8) is 0 Å². The molecule has 6 nitrogen and oxygen atoms in total. The molecule has 0 aliphatic heterocycles. The van der Waals surface area contributed by atoms with Crippen LogP contribution in [0.5, 0.6) is 5.75 Å². The maximum Gasteiger partial charge on any atom is 0.242 e. The molecule has 0 aliphatic carbocycles. The number of carbonyl (C=O) groups is 1. The summed E-state index contributed by atoms with van der Waals surface area (Å²) in [4.78, 5) is 13.2. The number of sulfonamides is 1. The highest BCUT2D eigenvalue weighted by atomic mass is 35.5. The van der Waals surface area contributed by atoms with Crippen molar-refractivity contribution in [2.75, 3.05) is 11.9 Å². The van der Waals surface area contributed by atoms with Crippen LogP contribution in [-0.4, -0.2) is 27.0 Å². The highest BCUT2D eigenvalue weighted by Gasteiger charge is 2.27. The minimum absolute atomic E-state index is 0.0476. The monoisotopic (exact) mass is 486 g/mol. The van der Waals surface area contributed by atoms with E-state index in [1.54, 1.807) is 6.07 Å². The molecule has 0 fully saturated rings. The number of anilines is 1. The van der Waals surface area contributed by atoms with Gasteiger partial charge in [-0.25, -0.2) is 8.42 Å². The summed E-state index contributed by atoms with van der Waals surface area (Å²) in [5, 5.41) is 3.05. The summed E-state index contributed by atoms with van der Waals surface area (Å²) in [7, 11) is -4.04. The van der Waals surface area contributed by atoms with Gasteiger partial charge in [-0.05, 0) is 68.1 Å². The highest BCUT2D eigenvalue weighted by molar-refractivity contribution is 7.89. The molecule has 0 aromatic heterocycles. The number of hydrogen-bond acceptors (Lipinski definition) is 4. The predicted octanol–water partition coefficient (Wildman–Crippen LogP) is 4.88. The van der Waals surface area contributed by atoms with E-state index >= 15 is 0 Å². The SMILES string of the molecule is CCOc1ccc(S(=O)(=O)N[C@H](Cc2ccccc2)C(=O)Nc2cccc(C)c2C)cc1Cl. The number of nitrogens with one attached hydrogen (secondary N) is 2. The van der Waals surface area contributed by atoms with E-state index in [0.717, 1.165) is 16.7 Å². The fourth-order valence-corrected chi connectivity index (χ4v) is 4.84. The zero-order valence-electron chi connectivity index (χ0n) is 18.8. The lowest BCUT2D eigenvalue weighted by molar-refractivity contribution is -0.117. The number of benzene rings is 3. The van der Waals surface area contributed by atoms with E-state index in [9.17, 15) is 13.2 Å². The van der Waals surface area contributed by atoms with Crippen molar-refractivity contribution in [1.82, 2.24) is 4.72 Å². The Balaban J connectivity index is 1.89. The average Bonchev–Trinajstić information content (AvgIpc) is 2.78. The first-order valence-electron chi connectivity index (χ1n) is 10.6. The molecule has 0 aliphatic rings. The number of aryl methyl sites for hydroxylation is 1. The molecule has 0 saturated heterocycles. The third-order valence-corrected chi connectivity index (χ3v) is 7.04. The summed E-state index contributed by atoms with van der Waals surface area (Å²) in [6.07, 6.45) is 0.182. The Morgan fingerprint density at radius 2 is 1.76 bits per heavy atom. The molecule has 3 aromatic carbocycles. The second-order valence-corrected chi connectivity index (χ2v) is 9.75. The van der Waals surface area contributed by atoms with Crippen molar-refractivity contribution in [1.29, 1.82) is 0 Å². The minimum Gasteiger partial charge on any atom is -0.492 e. The van der Waals surface area contributed by atoms with Gasteiger partial charge in [-0.1, -0.05) is 54.1 Å². The fourth-order valence-electron chi connectivity index (χ4n) is 3.32. The van der Waals surface area contributed by atoms with Gasteiger partial charge in [0, 0.05) is 5.69 Å². The van der Waals surface area contributed by atoms with Crippen molar-refractivity contribution in [3.8, 4) is 5.75 Å². The molecule has 0 unspecified atom stereocenters. The number of carbonyl (C=O) groups excluding carboxylic acids is 1. The third kappa shape index (κ3) is 6.35. The Morgan fingerprint density at radius 1 is 1.03 bits per heavy atom. The van der Waals surface area contributed by atoms with Crippen LogP contribution in [0.15, 0.2) is 71.6 Å². The largest absolute Gasteiger partial charge is 0.492 e. The maximum atomic E-state index is 13.2. The molecule has 0 heterocycles. The smallest absolute Gasteiger partial charge is 0.242 e. The number of rotatable bonds is 9. The Morgan fingerprint density at radius 3 is 2.42 bits per heavy atom. The van der Waals surface area contributed by atoms with Crippen LogP contribution in [0.3, 0.4) is 0 Å². The number of amides is 1. The first-order valence-corrected chi connectivity index (χ1v) is 12.4. The van der Waals surface area contributed by atoms with Gasteiger partial charge in [0.2, 0.25) is 15.9 Å². The van der Waals surface area contributed by atoms with Crippen LogP contribution in [0.25, 0.3) is 0 Å². The van der Waals surface area contributed by atoms with Gasteiger partial charge in [0.15, 0.2) is 0 Å². The topological polar surface area (TPSA) is 84.5 Å². The summed E-state index contributed by atoms with van der Waals surface area (Å²) in [5.41, 5.74) is 3.41. The van der Waals surface area contributed by atoms with Crippen molar-refractivity contribution in [3.05, 3.63) is 88.4 Å². The Hall–Kier alpha value is -2.87. The number of halogens is 1. The first-order chi connectivity index (χ1) is 15.7. The van der Waals surface area contributed by atoms with Gasteiger partial charge >= 0.3 is 0 Å². The van der Waals surface area contributed by atoms with Crippen molar-refractivity contribution in [2.24, 2.45) is 0 Å². The zero-order valence-corrected chi connectivity index (χ0v) is 20.3. The Labute approximate surface area is 200 Å². The van der Waals surface area contributed by atoms with Crippen LogP contribution in [0.2, 0.25) is 5.02 Å². The van der Waals surface area contributed by atoms with Crippen LogP contribution >= 0.6 is 11.6 Å². The van der Waals surface area contributed by atoms with Crippen LogP contribution in [-0.2, 0) is 21.2 Å². The number of ether oxygens (including phenoxy) is 1. The summed E-state index contributed by atoms with van der Waals surface area (Å²) in [5.74, 6) is -0.0558. The highest BCUT2D eigenvalue weighted by Crippen LogP contribution is 2.27. The van der Waals surface area contributed by atoms with E-state index < -0.39 is 22.0 Å². The second kappa shape index (κ2) is 10.8.